The second-order valence-corrected chi connectivity index (χ2v) is 1.97. The molecule has 0 fully saturated rings. The van der Waals surface area contributed by atoms with Gasteiger partial charge in [-0.2, -0.15) is 0 Å². The van der Waals surface area contributed by atoms with Crippen LogP contribution >= 0.6 is 0 Å². The quantitative estimate of drug-likeness (QED) is 0.517. The third kappa shape index (κ3) is 5.53. The first-order valence-electron chi connectivity index (χ1n) is 3.09. The fourth-order valence-electron chi connectivity index (χ4n) is 0.430. The fourth-order valence-corrected chi connectivity index (χ4v) is 0.430. The van der Waals surface area contributed by atoms with Crippen molar-refractivity contribution in [2.45, 2.75) is 19.4 Å². The molecule has 0 aromatic rings. The monoisotopic (exact) mass is 148 g/mol. The van der Waals surface area contributed by atoms with Crippen molar-refractivity contribution in [2.75, 3.05) is 13.2 Å². The summed E-state index contributed by atoms with van der Waals surface area (Å²) in [5.74, 6) is -0.370. The Balaban J connectivity index is 3.11. The predicted molar refractivity (Wildman–Crippen MR) is 34.3 cm³/mol. The first-order valence-corrected chi connectivity index (χ1v) is 3.09. The molecule has 0 amide bonds. The van der Waals surface area contributed by atoms with E-state index in [0.717, 1.165) is 0 Å². The molecule has 60 valence electrons. The summed E-state index contributed by atoms with van der Waals surface area (Å²) in [4.78, 5) is 10.1. The molecular weight excluding hydrogens is 136 g/mol. The highest BCUT2D eigenvalue weighted by molar-refractivity contribution is 5.65. The Morgan fingerprint density at radius 2 is 2.30 bits per heavy atom. The number of carbonyl (C=O) groups is 1. The van der Waals surface area contributed by atoms with Crippen LogP contribution in [0.2, 0.25) is 0 Å². The lowest BCUT2D eigenvalue weighted by Gasteiger charge is -2.05. The molecule has 4 heteroatoms. The van der Waals surface area contributed by atoms with Crippen LogP contribution in [0.4, 0.5) is 0 Å². The maximum Gasteiger partial charge on any atom is 0.302 e. The van der Waals surface area contributed by atoms with E-state index in [9.17, 15) is 4.79 Å². The fraction of sp³-hybridized carbons (Fsp3) is 0.833. The third-order valence-corrected chi connectivity index (χ3v) is 0.967. The lowest BCUT2D eigenvalue weighted by atomic mass is 10.3. The molecule has 0 rings (SSSR count). The van der Waals surface area contributed by atoms with E-state index < -0.39 is 6.10 Å². The van der Waals surface area contributed by atoms with E-state index in [2.05, 4.69) is 4.74 Å². The molecular formula is C6H12O4. The Labute approximate surface area is 59.4 Å². The van der Waals surface area contributed by atoms with Gasteiger partial charge in [-0.25, -0.2) is 0 Å². The topological polar surface area (TPSA) is 66.8 Å². The van der Waals surface area contributed by atoms with Crippen molar-refractivity contribution >= 4 is 5.97 Å². The van der Waals surface area contributed by atoms with Gasteiger partial charge in [0.2, 0.25) is 0 Å². The van der Waals surface area contributed by atoms with E-state index in [0.29, 0.717) is 0 Å². The molecule has 10 heavy (non-hydrogen) atoms. The van der Waals surface area contributed by atoms with Crippen molar-refractivity contribution in [1.82, 2.24) is 0 Å². The Hall–Kier alpha value is -0.610. The molecule has 0 aliphatic carbocycles. The maximum atomic E-state index is 10.1. The molecule has 0 bridgehead atoms. The van der Waals surface area contributed by atoms with Gasteiger partial charge in [0.25, 0.3) is 0 Å². The molecule has 1 atom stereocenters. The van der Waals surface area contributed by atoms with Gasteiger partial charge in [0.1, 0.15) is 0 Å². The van der Waals surface area contributed by atoms with E-state index in [4.69, 9.17) is 10.2 Å². The molecule has 0 aromatic heterocycles. The lowest BCUT2D eigenvalue weighted by Crippen LogP contribution is -2.15. The van der Waals surface area contributed by atoms with Crippen LogP contribution in [0.3, 0.4) is 0 Å². The Bertz CT molecular complexity index is 102. The zero-order chi connectivity index (χ0) is 7.98. The number of carbonyl (C=O) groups excluding carboxylic acids is 1. The van der Waals surface area contributed by atoms with Crippen LogP contribution in [-0.2, 0) is 9.53 Å². The molecule has 0 saturated carbocycles. The van der Waals surface area contributed by atoms with Crippen molar-refractivity contribution in [3.8, 4) is 0 Å². The number of ether oxygens (including phenoxy) is 1. The Morgan fingerprint density at radius 1 is 1.70 bits per heavy atom. The summed E-state index contributed by atoms with van der Waals surface area (Å²) in [5.41, 5.74) is 0. The molecule has 0 heterocycles. The van der Waals surface area contributed by atoms with E-state index in [1.165, 1.54) is 6.92 Å². The van der Waals surface area contributed by atoms with E-state index in [1.807, 2.05) is 0 Å². The van der Waals surface area contributed by atoms with Crippen LogP contribution in [0.15, 0.2) is 0 Å². The van der Waals surface area contributed by atoms with Crippen LogP contribution in [0, 0.1) is 0 Å². The van der Waals surface area contributed by atoms with E-state index in [1.54, 1.807) is 0 Å². The average molecular weight is 148 g/mol. The maximum absolute atomic E-state index is 10.1. The van der Waals surface area contributed by atoms with Crippen molar-refractivity contribution in [2.24, 2.45) is 0 Å². The third-order valence-electron chi connectivity index (χ3n) is 0.967. The number of hydrogen-bond acceptors (Lipinski definition) is 4. The summed E-state index contributed by atoms with van der Waals surface area (Å²) >= 11 is 0. The minimum absolute atomic E-state index is 0.164. The SMILES string of the molecule is CC(=O)OCC[C@H](O)CO. The standard InChI is InChI=1S/C6H12O4/c1-5(8)10-3-2-6(9)4-7/h6-7,9H,2-4H2,1H3/t6-/m0/s1. The zero-order valence-corrected chi connectivity index (χ0v) is 5.91. The van der Waals surface area contributed by atoms with Gasteiger partial charge in [-0.05, 0) is 0 Å². The van der Waals surface area contributed by atoms with Crippen LogP contribution in [0.5, 0.6) is 0 Å². The molecule has 0 spiro atoms. The summed E-state index contributed by atoms with van der Waals surface area (Å²) in [6, 6.07) is 0. The summed E-state index contributed by atoms with van der Waals surface area (Å²) in [6.07, 6.45) is -0.491. The van der Waals surface area contributed by atoms with Gasteiger partial charge in [0, 0.05) is 13.3 Å². The number of aliphatic hydroxyl groups is 2. The molecule has 0 radical (unpaired) electrons. The van der Waals surface area contributed by atoms with Crippen LogP contribution < -0.4 is 0 Å². The van der Waals surface area contributed by atoms with Crippen molar-refractivity contribution in [1.29, 1.82) is 0 Å². The summed E-state index contributed by atoms with van der Waals surface area (Å²) in [5, 5.41) is 17.0. The Morgan fingerprint density at radius 3 is 2.70 bits per heavy atom. The smallest absolute Gasteiger partial charge is 0.302 e. The van der Waals surface area contributed by atoms with Gasteiger partial charge < -0.3 is 14.9 Å². The van der Waals surface area contributed by atoms with Gasteiger partial charge in [-0.3, -0.25) is 4.79 Å². The second kappa shape index (κ2) is 5.20. The summed E-state index contributed by atoms with van der Waals surface area (Å²) in [7, 11) is 0. The Kier molecular flexibility index (Phi) is 4.88. The zero-order valence-electron chi connectivity index (χ0n) is 5.91. The molecule has 0 aliphatic rings. The second-order valence-electron chi connectivity index (χ2n) is 1.97. The van der Waals surface area contributed by atoms with E-state index in [-0.39, 0.29) is 25.6 Å². The molecule has 2 N–H and O–H groups in total. The van der Waals surface area contributed by atoms with Crippen molar-refractivity contribution in [3.05, 3.63) is 0 Å². The molecule has 0 aromatic carbocycles. The average Bonchev–Trinajstić information content (AvgIpc) is 1.87. The minimum atomic E-state index is -0.778. The molecule has 4 nitrogen and oxygen atoms in total. The lowest BCUT2D eigenvalue weighted by molar-refractivity contribution is -0.141. The summed E-state index contributed by atoms with van der Waals surface area (Å²) in [6.45, 7) is 1.17. The highest BCUT2D eigenvalue weighted by Gasteiger charge is 2.01. The molecule has 0 aliphatic heterocycles. The minimum Gasteiger partial charge on any atom is -0.466 e. The largest absolute Gasteiger partial charge is 0.466 e. The first-order chi connectivity index (χ1) is 4.66. The van der Waals surface area contributed by atoms with Crippen molar-refractivity contribution in [3.63, 3.8) is 0 Å². The normalized spacial score (nSPS) is 12.7. The van der Waals surface area contributed by atoms with Crippen molar-refractivity contribution < 1.29 is 19.7 Å². The number of rotatable bonds is 4. The number of aliphatic hydroxyl groups excluding tert-OH is 2. The van der Waals surface area contributed by atoms with Crippen LogP contribution in [0.1, 0.15) is 13.3 Å². The van der Waals surface area contributed by atoms with Gasteiger partial charge >= 0.3 is 5.97 Å². The predicted octanol–water partition coefficient (Wildman–Crippen LogP) is -0.707. The molecule has 0 saturated heterocycles. The first kappa shape index (κ1) is 9.39. The summed E-state index contributed by atoms with van der Waals surface area (Å²) < 4.78 is 4.50. The van der Waals surface area contributed by atoms with Gasteiger partial charge in [-0.1, -0.05) is 0 Å². The highest BCUT2D eigenvalue weighted by Crippen LogP contribution is 1.90. The van der Waals surface area contributed by atoms with Crippen LogP contribution in [-0.4, -0.2) is 35.5 Å². The number of esters is 1. The van der Waals surface area contributed by atoms with Gasteiger partial charge in [0.05, 0.1) is 19.3 Å². The van der Waals surface area contributed by atoms with Gasteiger partial charge in [-0.15, -0.1) is 0 Å². The molecule has 0 unspecified atom stereocenters. The van der Waals surface area contributed by atoms with Gasteiger partial charge in [0.15, 0.2) is 0 Å². The van der Waals surface area contributed by atoms with E-state index >= 15 is 0 Å². The number of hydrogen-bond donors (Lipinski definition) is 2. The van der Waals surface area contributed by atoms with Crippen LogP contribution in [0.25, 0.3) is 0 Å². The highest BCUT2D eigenvalue weighted by atomic mass is 16.5.